The highest BCUT2D eigenvalue weighted by Gasteiger charge is 2.21. The molecule has 8 aromatic carbocycles. The molecule has 0 amide bonds. The highest BCUT2D eigenvalue weighted by Crippen LogP contribution is 2.41. The Bertz CT molecular complexity index is 3190. The number of fused-ring (bicyclic) bond motifs is 9. The predicted octanol–water partition coefficient (Wildman–Crippen LogP) is 12.2. The molecular formula is C47H28N4O. The lowest BCUT2D eigenvalue weighted by Gasteiger charge is -2.15. The normalized spacial score (nSPS) is 11.8. The summed E-state index contributed by atoms with van der Waals surface area (Å²) < 4.78 is 8.67. The van der Waals surface area contributed by atoms with Crippen LogP contribution in [0.15, 0.2) is 174 Å². The Hall–Kier alpha value is -7.11. The number of aromatic nitrogens is 4. The van der Waals surface area contributed by atoms with Gasteiger partial charge in [-0.05, 0) is 52.6 Å². The molecule has 0 fully saturated rings. The van der Waals surface area contributed by atoms with Crippen LogP contribution in [0.5, 0.6) is 0 Å². The van der Waals surface area contributed by atoms with Crippen molar-refractivity contribution in [1.29, 1.82) is 0 Å². The van der Waals surface area contributed by atoms with Gasteiger partial charge in [0.15, 0.2) is 17.5 Å². The molecule has 5 heteroatoms. The second-order valence-corrected chi connectivity index (χ2v) is 13.2. The first-order valence-corrected chi connectivity index (χ1v) is 17.5. The van der Waals surface area contributed by atoms with Gasteiger partial charge in [-0.3, -0.25) is 0 Å². The summed E-state index contributed by atoms with van der Waals surface area (Å²) in [6, 6.07) is 59.1. The average molecular weight is 665 g/mol. The lowest BCUT2D eigenvalue weighted by atomic mass is 10.0. The third-order valence-corrected chi connectivity index (χ3v) is 10.3. The zero-order valence-electron chi connectivity index (χ0n) is 27.9. The monoisotopic (exact) mass is 664 g/mol. The Morgan fingerprint density at radius 2 is 1.02 bits per heavy atom. The van der Waals surface area contributed by atoms with Gasteiger partial charge in [-0.1, -0.05) is 133 Å². The molecule has 11 aromatic rings. The minimum absolute atomic E-state index is 0.600. The molecule has 0 atom stereocenters. The molecule has 0 unspecified atom stereocenters. The topological polar surface area (TPSA) is 56.7 Å². The van der Waals surface area contributed by atoms with Crippen LogP contribution in [0.4, 0.5) is 0 Å². The second kappa shape index (κ2) is 11.2. The van der Waals surface area contributed by atoms with E-state index in [4.69, 9.17) is 19.4 Å². The van der Waals surface area contributed by atoms with E-state index in [-0.39, 0.29) is 0 Å². The van der Waals surface area contributed by atoms with Crippen LogP contribution in [0.1, 0.15) is 0 Å². The number of benzene rings is 8. The van der Waals surface area contributed by atoms with Crippen LogP contribution in [0, 0.1) is 0 Å². The van der Waals surface area contributed by atoms with Crippen molar-refractivity contribution in [3.05, 3.63) is 170 Å². The highest BCUT2D eigenvalue weighted by molar-refractivity contribution is 6.22. The van der Waals surface area contributed by atoms with Crippen LogP contribution in [-0.4, -0.2) is 19.5 Å². The Balaban J connectivity index is 1.18. The summed E-state index contributed by atoms with van der Waals surface area (Å²) in [6.07, 6.45) is 0. The molecule has 0 aliphatic rings. The number of nitrogens with zero attached hydrogens (tertiary/aromatic N) is 4. The summed E-state index contributed by atoms with van der Waals surface area (Å²) in [5, 5.41) is 9.19. The molecule has 0 spiro atoms. The molecule has 0 radical (unpaired) electrons. The van der Waals surface area contributed by atoms with E-state index in [9.17, 15) is 0 Å². The zero-order chi connectivity index (χ0) is 34.2. The maximum atomic E-state index is 6.26. The van der Waals surface area contributed by atoms with Gasteiger partial charge in [-0.25, -0.2) is 15.0 Å². The first-order valence-electron chi connectivity index (χ1n) is 17.5. The fourth-order valence-corrected chi connectivity index (χ4v) is 7.97. The maximum Gasteiger partial charge on any atom is 0.164 e. The third-order valence-electron chi connectivity index (χ3n) is 10.3. The van der Waals surface area contributed by atoms with Crippen molar-refractivity contribution >= 4 is 65.3 Å². The summed E-state index contributed by atoms with van der Waals surface area (Å²) in [7, 11) is 0. The summed E-state index contributed by atoms with van der Waals surface area (Å²) >= 11 is 0. The van der Waals surface area contributed by atoms with E-state index in [1.807, 2.05) is 60.7 Å². The fraction of sp³-hybridized carbons (Fsp3) is 0. The van der Waals surface area contributed by atoms with Crippen molar-refractivity contribution in [2.24, 2.45) is 0 Å². The minimum atomic E-state index is 0.600. The lowest BCUT2D eigenvalue weighted by molar-refractivity contribution is 0.669. The van der Waals surface area contributed by atoms with Crippen LogP contribution in [0.25, 0.3) is 105 Å². The van der Waals surface area contributed by atoms with Gasteiger partial charge >= 0.3 is 0 Å². The Kier molecular flexibility index (Phi) is 6.18. The summed E-state index contributed by atoms with van der Waals surface area (Å²) in [5.74, 6) is 1.83. The Morgan fingerprint density at radius 3 is 1.88 bits per heavy atom. The number of hydrogen-bond acceptors (Lipinski definition) is 4. The van der Waals surface area contributed by atoms with Crippen molar-refractivity contribution in [2.45, 2.75) is 0 Å². The number of hydrogen-bond donors (Lipinski definition) is 0. The van der Waals surface area contributed by atoms with Gasteiger partial charge < -0.3 is 8.98 Å². The van der Waals surface area contributed by atoms with E-state index < -0.39 is 0 Å². The number of furan rings is 1. The fourth-order valence-electron chi connectivity index (χ4n) is 7.97. The van der Waals surface area contributed by atoms with E-state index in [1.165, 1.54) is 32.6 Å². The molecule has 242 valence electrons. The van der Waals surface area contributed by atoms with Crippen LogP contribution < -0.4 is 0 Å². The molecule has 0 N–H and O–H groups in total. The molecule has 52 heavy (non-hydrogen) atoms. The quantitative estimate of drug-likeness (QED) is 0.188. The van der Waals surface area contributed by atoms with Crippen molar-refractivity contribution in [3.8, 4) is 39.9 Å². The van der Waals surface area contributed by atoms with E-state index in [1.54, 1.807) is 0 Å². The van der Waals surface area contributed by atoms with Crippen LogP contribution in [-0.2, 0) is 0 Å². The van der Waals surface area contributed by atoms with Gasteiger partial charge in [0.1, 0.15) is 11.2 Å². The third kappa shape index (κ3) is 4.26. The highest BCUT2D eigenvalue weighted by atomic mass is 16.3. The summed E-state index contributed by atoms with van der Waals surface area (Å²) in [6.45, 7) is 0. The average Bonchev–Trinajstić information content (AvgIpc) is 3.77. The Morgan fingerprint density at radius 1 is 0.365 bits per heavy atom. The van der Waals surface area contributed by atoms with Gasteiger partial charge in [-0.2, -0.15) is 0 Å². The van der Waals surface area contributed by atoms with Crippen LogP contribution >= 0.6 is 0 Å². The van der Waals surface area contributed by atoms with E-state index in [0.717, 1.165) is 55.1 Å². The van der Waals surface area contributed by atoms with E-state index >= 15 is 0 Å². The molecule has 5 nitrogen and oxygen atoms in total. The van der Waals surface area contributed by atoms with Gasteiger partial charge in [0, 0.05) is 43.6 Å². The van der Waals surface area contributed by atoms with Gasteiger partial charge in [0.2, 0.25) is 0 Å². The van der Waals surface area contributed by atoms with Gasteiger partial charge in [0.25, 0.3) is 0 Å². The number of para-hydroxylation sites is 2. The first kappa shape index (κ1) is 28.7. The van der Waals surface area contributed by atoms with Crippen LogP contribution in [0.2, 0.25) is 0 Å². The molecule has 0 bridgehead atoms. The van der Waals surface area contributed by atoms with E-state index in [2.05, 4.69) is 114 Å². The molecule has 3 aromatic heterocycles. The van der Waals surface area contributed by atoms with Crippen molar-refractivity contribution in [2.75, 3.05) is 0 Å². The van der Waals surface area contributed by atoms with Gasteiger partial charge in [-0.15, -0.1) is 0 Å². The molecule has 0 aliphatic heterocycles. The largest absolute Gasteiger partial charge is 0.456 e. The standard InChI is InChI=1S/C47H28N4O/c1-2-14-30(15-3-1)45-48-46(50-47(49-45)37-21-12-24-42-44(37)36-20-9-11-23-41(36)52-42)34-26-28-39(33-18-7-6-17-32(33)34)51-38-22-10-8-19-35(38)43-31-16-5-4-13-29(31)25-27-40(43)51/h1-28H. The summed E-state index contributed by atoms with van der Waals surface area (Å²) in [4.78, 5) is 15.5. The molecule has 0 aliphatic carbocycles. The lowest BCUT2D eigenvalue weighted by Crippen LogP contribution is -2.02. The van der Waals surface area contributed by atoms with E-state index in [0.29, 0.717) is 17.5 Å². The first-order chi connectivity index (χ1) is 25.8. The predicted molar refractivity (Wildman–Crippen MR) is 213 cm³/mol. The molecule has 0 saturated carbocycles. The number of rotatable bonds is 4. The molecular weight excluding hydrogens is 637 g/mol. The smallest absolute Gasteiger partial charge is 0.164 e. The zero-order valence-corrected chi connectivity index (χ0v) is 27.9. The van der Waals surface area contributed by atoms with Crippen LogP contribution in [0.3, 0.4) is 0 Å². The SMILES string of the molecule is c1ccc(-c2nc(-c3ccc(-n4c5ccccc5c5c6ccccc6ccc54)c4ccccc34)nc(-c3cccc4oc5ccccc5c34)n2)cc1. The maximum absolute atomic E-state index is 6.26. The molecule has 3 heterocycles. The van der Waals surface area contributed by atoms with Gasteiger partial charge in [0.05, 0.1) is 16.7 Å². The minimum Gasteiger partial charge on any atom is -0.456 e. The van der Waals surface area contributed by atoms with Crippen molar-refractivity contribution in [3.63, 3.8) is 0 Å². The molecule has 11 rings (SSSR count). The van der Waals surface area contributed by atoms with Crippen molar-refractivity contribution < 1.29 is 4.42 Å². The van der Waals surface area contributed by atoms with Crippen molar-refractivity contribution in [1.82, 2.24) is 19.5 Å². The molecule has 0 saturated heterocycles. The summed E-state index contributed by atoms with van der Waals surface area (Å²) in [5.41, 5.74) is 7.85. The Labute approximate surface area is 298 Å². The second-order valence-electron chi connectivity index (χ2n) is 13.2.